The molecule has 1 saturated carbocycles. The lowest BCUT2D eigenvalue weighted by atomic mass is 10.4. The van der Waals surface area contributed by atoms with Gasteiger partial charge in [0.1, 0.15) is 0 Å². The first-order valence-electron chi connectivity index (χ1n) is 5.78. The van der Waals surface area contributed by atoms with Gasteiger partial charge >= 0.3 is 0 Å². The molecular weight excluding hydrogens is 202 g/mol. The van der Waals surface area contributed by atoms with E-state index < -0.39 is 0 Å². The fourth-order valence-corrected chi connectivity index (χ4v) is 1.62. The van der Waals surface area contributed by atoms with Gasteiger partial charge in [0, 0.05) is 24.5 Å². The molecule has 1 aliphatic carbocycles. The van der Waals surface area contributed by atoms with E-state index in [0.29, 0.717) is 19.1 Å². The molecule has 88 valence electrons. The van der Waals surface area contributed by atoms with Crippen molar-refractivity contribution in [3.05, 3.63) is 23.5 Å². The van der Waals surface area contributed by atoms with Crippen molar-refractivity contribution in [3.8, 4) is 0 Å². The first-order chi connectivity index (χ1) is 7.66. The van der Waals surface area contributed by atoms with Crippen molar-refractivity contribution >= 4 is 5.91 Å². The lowest BCUT2D eigenvalue weighted by molar-refractivity contribution is -0.120. The zero-order valence-corrected chi connectivity index (χ0v) is 9.92. The van der Waals surface area contributed by atoms with Crippen LogP contribution in [-0.4, -0.2) is 23.1 Å². The Morgan fingerprint density at radius 3 is 2.81 bits per heavy atom. The molecule has 4 heteroatoms. The second-order valence-corrected chi connectivity index (χ2v) is 4.46. The van der Waals surface area contributed by atoms with E-state index in [4.69, 9.17) is 0 Å². The van der Waals surface area contributed by atoms with Crippen molar-refractivity contribution in [2.45, 2.75) is 32.4 Å². The highest BCUT2D eigenvalue weighted by molar-refractivity contribution is 5.78. The van der Waals surface area contributed by atoms with Gasteiger partial charge in [0.05, 0.1) is 13.1 Å². The van der Waals surface area contributed by atoms with Gasteiger partial charge < -0.3 is 15.2 Å². The number of nitrogens with one attached hydrogen (secondary N) is 2. The Hall–Kier alpha value is -1.29. The molecule has 1 fully saturated rings. The number of carbonyl (C=O) groups is 1. The van der Waals surface area contributed by atoms with Gasteiger partial charge in [0.25, 0.3) is 0 Å². The third-order valence-electron chi connectivity index (χ3n) is 3.07. The molecule has 0 bridgehead atoms. The number of aromatic nitrogens is 1. The standard InChI is InChI=1S/C12H19N3O/c1-9-3-6-11(15(9)2)7-14-12(16)8-13-10-4-5-10/h3,6,10,13H,4-5,7-8H2,1-2H3,(H,14,16). The molecule has 0 radical (unpaired) electrons. The van der Waals surface area contributed by atoms with Crippen LogP contribution >= 0.6 is 0 Å². The Labute approximate surface area is 96.0 Å². The number of amides is 1. The molecular formula is C12H19N3O. The molecule has 0 aromatic carbocycles. The first kappa shape index (κ1) is 11.2. The molecule has 1 aromatic heterocycles. The third kappa shape index (κ3) is 2.85. The van der Waals surface area contributed by atoms with Crippen molar-refractivity contribution in [3.63, 3.8) is 0 Å². The fraction of sp³-hybridized carbons (Fsp3) is 0.583. The molecule has 0 saturated heterocycles. The molecule has 2 N–H and O–H groups in total. The van der Waals surface area contributed by atoms with Crippen LogP contribution in [0.15, 0.2) is 12.1 Å². The van der Waals surface area contributed by atoms with Crippen LogP contribution in [0.4, 0.5) is 0 Å². The zero-order valence-electron chi connectivity index (χ0n) is 9.92. The molecule has 1 amide bonds. The Morgan fingerprint density at radius 1 is 1.50 bits per heavy atom. The average molecular weight is 221 g/mol. The van der Waals surface area contributed by atoms with Crippen LogP contribution in [0.25, 0.3) is 0 Å². The molecule has 0 atom stereocenters. The molecule has 1 aliphatic rings. The van der Waals surface area contributed by atoms with Crippen molar-refractivity contribution in [1.82, 2.24) is 15.2 Å². The maximum absolute atomic E-state index is 11.5. The smallest absolute Gasteiger partial charge is 0.234 e. The van der Waals surface area contributed by atoms with E-state index >= 15 is 0 Å². The van der Waals surface area contributed by atoms with Gasteiger partial charge in [0.2, 0.25) is 5.91 Å². The number of hydrogen-bond donors (Lipinski definition) is 2. The van der Waals surface area contributed by atoms with Crippen LogP contribution in [0.2, 0.25) is 0 Å². The molecule has 0 aliphatic heterocycles. The topological polar surface area (TPSA) is 46.1 Å². The van der Waals surface area contributed by atoms with Crippen LogP contribution in [0.1, 0.15) is 24.2 Å². The van der Waals surface area contributed by atoms with E-state index in [-0.39, 0.29) is 5.91 Å². The van der Waals surface area contributed by atoms with E-state index in [1.165, 1.54) is 18.5 Å². The monoisotopic (exact) mass is 221 g/mol. The number of hydrogen-bond acceptors (Lipinski definition) is 2. The van der Waals surface area contributed by atoms with Crippen molar-refractivity contribution < 1.29 is 4.79 Å². The first-order valence-corrected chi connectivity index (χ1v) is 5.78. The predicted molar refractivity (Wildman–Crippen MR) is 63.0 cm³/mol. The summed E-state index contributed by atoms with van der Waals surface area (Å²) in [5.41, 5.74) is 2.35. The van der Waals surface area contributed by atoms with Crippen molar-refractivity contribution in [1.29, 1.82) is 0 Å². The van der Waals surface area contributed by atoms with E-state index in [0.717, 1.165) is 5.69 Å². The Kier molecular flexibility index (Phi) is 3.29. The summed E-state index contributed by atoms with van der Waals surface area (Å²) in [6, 6.07) is 4.69. The third-order valence-corrected chi connectivity index (χ3v) is 3.07. The number of nitrogens with zero attached hydrogens (tertiary/aromatic N) is 1. The van der Waals surface area contributed by atoms with Crippen LogP contribution in [-0.2, 0) is 18.4 Å². The average Bonchev–Trinajstić information content (AvgIpc) is 3.04. The summed E-state index contributed by atoms with van der Waals surface area (Å²) in [6.45, 7) is 3.10. The maximum atomic E-state index is 11.5. The number of rotatable bonds is 5. The van der Waals surface area contributed by atoms with Crippen molar-refractivity contribution in [2.75, 3.05) is 6.54 Å². The van der Waals surface area contributed by atoms with Crippen LogP contribution in [0.5, 0.6) is 0 Å². The molecule has 0 spiro atoms. The van der Waals surface area contributed by atoms with Crippen LogP contribution in [0.3, 0.4) is 0 Å². The van der Waals surface area contributed by atoms with Crippen LogP contribution < -0.4 is 10.6 Å². The summed E-state index contributed by atoms with van der Waals surface area (Å²) in [5.74, 6) is 0.0748. The highest BCUT2D eigenvalue weighted by atomic mass is 16.1. The zero-order chi connectivity index (χ0) is 11.5. The fourth-order valence-electron chi connectivity index (χ4n) is 1.62. The Morgan fingerprint density at radius 2 is 2.25 bits per heavy atom. The van der Waals surface area contributed by atoms with Gasteiger partial charge in [0.15, 0.2) is 0 Å². The Balaban J connectivity index is 1.73. The molecule has 1 aromatic rings. The SMILES string of the molecule is Cc1ccc(CNC(=O)CNC2CC2)n1C. The quantitative estimate of drug-likeness (QED) is 0.769. The summed E-state index contributed by atoms with van der Waals surface area (Å²) in [6.07, 6.45) is 2.43. The Bertz CT molecular complexity index is 380. The van der Waals surface area contributed by atoms with Gasteiger partial charge in [-0.15, -0.1) is 0 Å². The molecule has 4 nitrogen and oxygen atoms in total. The van der Waals surface area contributed by atoms with Gasteiger partial charge in [-0.25, -0.2) is 0 Å². The highest BCUT2D eigenvalue weighted by Gasteiger charge is 2.20. The van der Waals surface area contributed by atoms with Gasteiger partial charge in [-0.2, -0.15) is 0 Å². The minimum atomic E-state index is 0.0748. The maximum Gasteiger partial charge on any atom is 0.234 e. The minimum absolute atomic E-state index is 0.0748. The highest BCUT2D eigenvalue weighted by Crippen LogP contribution is 2.17. The lowest BCUT2D eigenvalue weighted by Gasteiger charge is -2.07. The van der Waals surface area contributed by atoms with E-state index in [1.54, 1.807) is 0 Å². The largest absolute Gasteiger partial charge is 0.350 e. The van der Waals surface area contributed by atoms with Gasteiger partial charge in [-0.3, -0.25) is 4.79 Å². The minimum Gasteiger partial charge on any atom is -0.350 e. The second kappa shape index (κ2) is 4.70. The summed E-state index contributed by atoms with van der Waals surface area (Å²) in [4.78, 5) is 11.5. The van der Waals surface area contributed by atoms with Gasteiger partial charge in [-0.1, -0.05) is 0 Å². The second-order valence-electron chi connectivity index (χ2n) is 4.46. The van der Waals surface area contributed by atoms with Crippen molar-refractivity contribution in [2.24, 2.45) is 7.05 Å². The van der Waals surface area contributed by atoms with E-state index in [1.807, 2.05) is 13.1 Å². The van der Waals surface area contributed by atoms with E-state index in [9.17, 15) is 4.79 Å². The summed E-state index contributed by atoms with van der Waals surface area (Å²) < 4.78 is 2.09. The van der Waals surface area contributed by atoms with Crippen LogP contribution in [0, 0.1) is 6.92 Å². The van der Waals surface area contributed by atoms with E-state index in [2.05, 4.69) is 28.2 Å². The molecule has 2 rings (SSSR count). The van der Waals surface area contributed by atoms with Gasteiger partial charge in [-0.05, 0) is 31.9 Å². The molecule has 1 heterocycles. The lowest BCUT2D eigenvalue weighted by Crippen LogP contribution is -2.34. The summed E-state index contributed by atoms with van der Waals surface area (Å²) in [7, 11) is 2.01. The predicted octanol–water partition coefficient (Wildman–Crippen LogP) is 0.702. The number of aryl methyl sites for hydroxylation is 1. The summed E-state index contributed by atoms with van der Waals surface area (Å²) in [5, 5.41) is 6.11. The summed E-state index contributed by atoms with van der Waals surface area (Å²) >= 11 is 0. The molecule has 0 unspecified atom stereocenters. The molecule has 16 heavy (non-hydrogen) atoms. The normalized spacial score (nSPS) is 15.1. The number of carbonyl (C=O) groups excluding carboxylic acids is 1.